The summed E-state index contributed by atoms with van der Waals surface area (Å²) in [6, 6.07) is 11.3. The molecule has 0 aliphatic heterocycles. The molecule has 1 aromatic carbocycles. The highest BCUT2D eigenvalue weighted by Gasteiger charge is 2.06. The molecule has 3 aromatic rings. The molecule has 0 aliphatic rings. The summed E-state index contributed by atoms with van der Waals surface area (Å²) in [5.41, 5.74) is 0.908. The van der Waals surface area contributed by atoms with E-state index < -0.39 is 5.82 Å². The molecule has 7 heteroatoms. The summed E-state index contributed by atoms with van der Waals surface area (Å²) in [7, 11) is 1.57. The molecule has 0 atom stereocenters. The molecule has 2 heterocycles. The van der Waals surface area contributed by atoms with E-state index in [4.69, 9.17) is 4.74 Å². The van der Waals surface area contributed by atoms with E-state index >= 15 is 0 Å². The van der Waals surface area contributed by atoms with E-state index in [-0.39, 0.29) is 11.5 Å². The number of aromatic nitrogens is 3. The predicted molar refractivity (Wildman–Crippen MR) is 84.3 cm³/mol. The molecule has 0 aliphatic carbocycles. The van der Waals surface area contributed by atoms with Crippen LogP contribution in [0.1, 0.15) is 0 Å². The number of rotatable bonds is 4. The quantitative estimate of drug-likeness (QED) is 0.774. The van der Waals surface area contributed by atoms with Crippen molar-refractivity contribution >= 4 is 11.8 Å². The lowest BCUT2D eigenvalue weighted by molar-refractivity contribution is 0.415. The van der Waals surface area contributed by atoms with Gasteiger partial charge in [0.1, 0.15) is 17.4 Å². The Balaban J connectivity index is 1.95. The summed E-state index contributed by atoms with van der Waals surface area (Å²) in [5, 5.41) is 2.84. The topological polar surface area (TPSA) is 79.9 Å². The number of H-pyrrole nitrogens is 1. The van der Waals surface area contributed by atoms with Gasteiger partial charge in [0.15, 0.2) is 0 Å². The largest absolute Gasteiger partial charge is 0.497 e. The van der Waals surface area contributed by atoms with Gasteiger partial charge < -0.3 is 10.1 Å². The summed E-state index contributed by atoms with van der Waals surface area (Å²) in [6.07, 6.45) is 1.08. The second kappa shape index (κ2) is 6.27. The maximum Gasteiger partial charge on any atom is 0.252 e. The molecular formula is C16H13FN4O2. The van der Waals surface area contributed by atoms with E-state index in [0.29, 0.717) is 17.3 Å². The van der Waals surface area contributed by atoms with Gasteiger partial charge in [0.25, 0.3) is 5.56 Å². The van der Waals surface area contributed by atoms with Gasteiger partial charge >= 0.3 is 0 Å². The van der Waals surface area contributed by atoms with Gasteiger partial charge in [-0.3, -0.25) is 9.78 Å². The minimum atomic E-state index is -0.442. The van der Waals surface area contributed by atoms with E-state index in [1.54, 1.807) is 19.2 Å². The average Bonchev–Trinajstić information content (AvgIpc) is 2.56. The van der Waals surface area contributed by atoms with Crippen LogP contribution < -0.4 is 15.6 Å². The van der Waals surface area contributed by atoms with Gasteiger partial charge in [-0.05, 0) is 24.3 Å². The predicted octanol–water partition coefficient (Wildman–Crippen LogP) is 2.72. The van der Waals surface area contributed by atoms with Crippen LogP contribution in [-0.2, 0) is 0 Å². The fourth-order valence-corrected chi connectivity index (χ4v) is 2.02. The summed E-state index contributed by atoms with van der Waals surface area (Å²) in [4.78, 5) is 22.6. The first kappa shape index (κ1) is 14.7. The van der Waals surface area contributed by atoms with Gasteiger partial charge in [0.05, 0.1) is 19.0 Å². The minimum absolute atomic E-state index is 0.217. The van der Waals surface area contributed by atoms with Crippen LogP contribution in [0, 0.1) is 5.82 Å². The molecule has 116 valence electrons. The van der Waals surface area contributed by atoms with Gasteiger partial charge in [-0.15, -0.1) is 0 Å². The van der Waals surface area contributed by atoms with Crippen molar-refractivity contribution in [2.24, 2.45) is 0 Å². The van der Waals surface area contributed by atoms with Crippen molar-refractivity contribution in [2.45, 2.75) is 0 Å². The number of pyridine rings is 1. The van der Waals surface area contributed by atoms with Crippen molar-refractivity contribution in [3.8, 4) is 17.0 Å². The number of benzene rings is 1. The molecule has 0 spiro atoms. The Morgan fingerprint density at radius 1 is 1.22 bits per heavy atom. The van der Waals surface area contributed by atoms with Gasteiger partial charge in [0, 0.05) is 11.6 Å². The molecule has 3 rings (SSSR count). The monoisotopic (exact) mass is 312 g/mol. The molecule has 0 amide bonds. The van der Waals surface area contributed by atoms with Crippen molar-refractivity contribution in [1.82, 2.24) is 15.0 Å². The average molecular weight is 312 g/mol. The first-order valence-corrected chi connectivity index (χ1v) is 6.78. The smallest absolute Gasteiger partial charge is 0.252 e. The molecule has 0 saturated heterocycles. The Morgan fingerprint density at radius 3 is 2.83 bits per heavy atom. The van der Waals surface area contributed by atoms with Crippen LogP contribution in [0.25, 0.3) is 11.3 Å². The molecule has 2 N–H and O–H groups in total. The molecule has 0 saturated carbocycles. The Morgan fingerprint density at radius 2 is 2.09 bits per heavy atom. The van der Waals surface area contributed by atoms with Crippen LogP contribution in [0.15, 0.2) is 53.5 Å². The highest BCUT2D eigenvalue weighted by molar-refractivity contribution is 5.62. The van der Waals surface area contributed by atoms with Crippen molar-refractivity contribution < 1.29 is 9.13 Å². The van der Waals surface area contributed by atoms with E-state index in [0.717, 1.165) is 11.8 Å². The lowest BCUT2D eigenvalue weighted by Gasteiger charge is -2.07. The van der Waals surface area contributed by atoms with Crippen molar-refractivity contribution in [3.05, 3.63) is 64.8 Å². The molecular weight excluding hydrogens is 299 g/mol. The van der Waals surface area contributed by atoms with Gasteiger partial charge in [-0.2, -0.15) is 0 Å². The zero-order valence-corrected chi connectivity index (χ0v) is 12.2. The van der Waals surface area contributed by atoms with E-state index in [9.17, 15) is 9.18 Å². The molecule has 0 radical (unpaired) electrons. The van der Waals surface area contributed by atoms with Crippen LogP contribution in [-0.4, -0.2) is 22.1 Å². The molecule has 0 fully saturated rings. The molecule has 0 bridgehead atoms. The van der Waals surface area contributed by atoms with Crippen LogP contribution in [0.5, 0.6) is 5.75 Å². The molecule has 2 aromatic heterocycles. The Hall–Kier alpha value is -3.22. The zero-order chi connectivity index (χ0) is 16.2. The fraction of sp³-hybridized carbons (Fsp3) is 0.0625. The van der Waals surface area contributed by atoms with Gasteiger partial charge in [-0.1, -0.05) is 12.1 Å². The third kappa shape index (κ3) is 3.52. The maximum absolute atomic E-state index is 12.9. The first-order chi connectivity index (χ1) is 11.1. The van der Waals surface area contributed by atoms with Crippen molar-refractivity contribution in [1.29, 1.82) is 0 Å². The van der Waals surface area contributed by atoms with Crippen LogP contribution >= 0.6 is 0 Å². The Labute approximate surface area is 131 Å². The third-order valence-corrected chi connectivity index (χ3v) is 3.08. The lowest BCUT2D eigenvalue weighted by atomic mass is 10.1. The number of hydrogen-bond donors (Lipinski definition) is 2. The maximum atomic E-state index is 12.9. The van der Waals surface area contributed by atoms with Crippen LogP contribution in [0.3, 0.4) is 0 Å². The van der Waals surface area contributed by atoms with E-state index in [1.807, 2.05) is 12.1 Å². The van der Waals surface area contributed by atoms with Crippen molar-refractivity contribution in [3.63, 3.8) is 0 Å². The second-order valence-electron chi connectivity index (χ2n) is 4.70. The molecule has 23 heavy (non-hydrogen) atoms. The lowest BCUT2D eigenvalue weighted by Crippen LogP contribution is -2.11. The zero-order valence-electron chi connectivity index (χ0n) is 12.2. The highest BCUT2D eigenvalue weighted by atomic mass is 19.1. The number of anilines is 2. The van der Waals surface area contributed by atoms with Crippen molar-refractivity contribution in [2.75, 3.05) is 12.4 Å². The summed E-state index contributed by atoms with van der Waals surface area (Å²) < 4.78 is 18.0. The second-order valence-corrected chi connectivity index (χ2v) is 4.70. The van der Waals surface area contributed by atoms with Crippen LogP contribution in [0.2, 0.25) is 0 Å². The Bertz CT molecular complexity index is 878. The number of nitrogens with zero attached hydrogens (tertiary/aromatic N) is 2. The molecule has 0 unspecified atom stereocenters. The highest BCUT2D eigenvalue weighted by Crippen LogP contribution is 2.22. The number of halogens is 1. The normalized spacial score (nSPS) is 10.3. The number of nitrogens with one attached hydrogen (secondary N) is 2. The fourth-order valence-electron chi connectivity index (χ4n) is 2.02. The summed E-state index contributed by atoms with van der Waals surface area (Å²) in [5.74, 6) is 0.813. The van der Waals surface area contributed by atoms with E-state index in [1.165, 1.54) is 18.2 Å². The summed E-state index contributed by atoms with van der Waals surface area (Å²) >= 11 is 0. The Kier molecular flexibility index (Phi) is 4.01. The van der Waals surface area contributed by atoms with Crippen LogP contribution in [0.4, 0.5) is 16.2 Å². The SMILES string of the molecule is COc1cccc(-c2cc(=O)[nH]c(Nc3ccc(F)cn3)n2)c1. The number of ether oxygens (including phenoxy) is 1. The molecule has 6 nitrogen and oxygen atoms in total. The first-order valence-electron chi connectivity index (χ1n) is 6.78. The summed E-state index contributed by atoms with van der Waals surface area (Å²) in [6.45, 7) is 0. The number of hydrogen-bond acceptors (Lipinski definition) is 5. The number of methoxy groups -OCH3 is 1. The standard InChI is InChI=1S/C16H13FN4O2/c1-23-12-4-2-3-10(7-12)13-8-15(22)21-16(19-13)20-14-6-5-11(17)9-18-14/h2-9H,1H3,(H2,18,19,20,21,22). The van der Waals surface area contributed by atoms with Gasteiger partial charge in [0.2, 0.25) is 5.95 Å². The van der Waals surface area contributed by atoms with Gasteiger partial charge in [-0.25, -0.2) is 14.4 Å². The minimum Gasteiger partial charge on any atom is -0.497 e. The van der Waals surface area contributed by atoms with E-state index in [2.05, 4.69) is 20.3 Å². The third-order valence-electron chi connectivity index (χ3n) is 3.08. The number of aromatic amines is 1.